The number of carbonyl (C=O) groups excluding carboxylic acids is 1. The van der Waals surface area contributed by atoms with Gasteiger partial charge in [-0.3, -0.25) is 14.2 Å². The molecule has 1 aliphatic heterocycles. The Morgan fingerprint density at radius 1 is 1.00 bits per heavy atom. The first-order chi connectivity index (χ1) is 9.27. The maximum atomic E-state index is 12.4. The number of fused-ring (bicyclic) bond motifs is 4. The minimum atomic E-state index is -0.307. The lowest BCUT2D eigenvalue weighted by Crippen LogP contribution is -2.22. The monoisotopic (exact) mass is 249 g/mol. The minimum absolute atomic E-state index is 0.159. The Hall–Kier alpha value is -2.82. The number of ketones is 1. The second-order valence-corrected chi connectivity index (χ2v) is 4.29. The highest BCUT2D eigenvalue weighted by Crippen LogP contribution is 2.25. The van der Waals surface area contributed by atoms with Gasteiger partial charge in [0.15, 0.2) is 11.3 Å². The van der Waals surface area contributed by atoms with Gasteiger partial charge in [0.05, 0.1) is 16.8 Å². The van der Waals surface area contributed by atoms with Crippen LogP contribution in [0.5, 0.6) is 0 Å². The van der Waals surface area contributed by atoms with E-state index in [0.717, 1.165) is 0 Å². The standard InChI is InChI=1S/C14H7N3O2/c18-12-8-4-1-2-6-10(8)17-13(12)16-9-5-3-7-15-11(9)14(17)19/h1-7H. The zero-order valence-electron chi connectivity index (χ0n) is 9.70. The summed E-state index contributed by atoms with van der Waals surface area (Å²) in [7, 11) is 0. The van der Waals surface area contributed by atoms with Crippen LogP contribution in [0, 0.1) is 0 Å². The molecule has 0 aliphatic carbocycles. The van der Waals surface area contributed by atoms with E-state index in [1.54, 1.807) is 42.6 Å². The molecule has 0 saturated heterocycles. The number of carbonyl (C=O) groups is 1. The molecular weight excluding hydrogens is 242 g/mol. The molecule has 90 valence electrons. The fourth-order valence-corrected chi connectivity index (χ4v) is 2.37. The fourth-order valence-electron chi connectivity index (χ4n) is 2.37. The molecule has 5 nitrogen and oxygen atoms in total. The van der Waals surface area contributed by atoms with Crippen molar-refractivity contribution in [3.8, 4) is 5.69 Å². The van der Waals surface area contributed by atoms with Crippen LogP contribution in [0.2, 0.25) is 0 Å². The molecule has 0 saturated carbocycles. The van der Waals surface area contributed by atoms with Crippen molar-refractivity contribution in [1.82, 2.24) is 14.5 Å². The number of pyridine rings is 1. The highest BCUT2D eigenvalue weighted by molar-refractivity contribution is 6.13. The lowest BCUT2D eigenvalue weighted by Gasteiger charge is -2.04. The maximum Gasteiger partial charge on any atom is 0.284 e. The molecular formula is C14H7N3O2. The molecule has 0 spiro atoms. The highest BCUT2D eigenvalue weighted by Gasteiger charge is 2.29. The fraction of sp³-hybridized carbons (Fsp3) is 0. The summed E-state index contributed by atoms with van der Waals surface area (Å²) in [5, 5.41) is 0. The number of nitrogens with zero attached hydrogens (tertiary/aromatic N) is 3. The van der Waals surface area contributed by atoms with E-state index in [1.807, 2.05) is 0 Å². The van der Waals surface area contributed by atoms with Gasteiger partial charge in [-0.05, 0) is 24.3 Å². The van der Waals surface area contributed by atoms with Gasteiger partial charge in [-0.2, -0.15) is 0 Å². The third-order valence-electron chi connectivity index (χ3n) is 3.22. The van der Waals surface area contributed by atoms with E-state index in [9.17, 15) is 9.59 Å². The first-order valence-corrected chi connectivity index (χ1v) is 5.79. The summed E-state index contributed by atoms with van der Waals surface area (Å²) >= 11 is 0. The van der Waals surface area contributed by atoms with Gasteiger partial charge in [0.1, 0.15) is 0 Å². The molecule has 1 aliphatic rings. The topological polar surface area (TPSA) is 64.8 Å². The van der Waals surface area contributed by atoms with Crippen molar-refractivity contribution in [1.29, 1.82) is 0 Å². The van der Waals surface area contributed by atoms with Crippen LogP contribution in [0.1, 0.15) is 16.2 Å². The number of benzene rings is 1. The molecule has 5 heteroatoms. The molecule has 2 aromatic heterocycles. The van der Waals surface area contributed by atoms with E-state index in [1.165, 1.54) is 4.57 Å². The predicted octanol–water partition coefficient (Wildman–Crippen LogP) is 1.33. The Labute approximate surface area is 107 Å². The van der Waals surface area contributed by atoms with Crippen molar-refractivity contribution >= 4 is 16.8 Å². The molecule has 4 rings (SSSR count). The van der Waals surface area contributed by atoms with Gasteiger partial charge in [-0.15, -0.1) is 0 Å². The number of rotatable bonds is 0. The lowest BCUT2D eigenvalue weighted by atomic mass is 10.1. The van der Waals surface area contributed by atoms with Crippen molar-refractivity contribution < 1.29 is 4.79 Å². The van der Waals surface area contributed by atoms with Gasteiger partial charge in [0, 0.05) is 6.20 Å². The molecule has 0 bridgehead atoms. The number of hydrogen-bond acceptors (Lipinski definition) is 4. The van der Waals surface area contributed by atoms with Crippen LogP contribution in [-0.4, -0.2) is 20.3 Å². The zero-order chi connectivity index (χ0) is 13.0. The average molecular weight is 249 g/mol. The molecule has 0 N–H and O–H groups in total. The predicted molar refractivity (Wildman–Crippen MR) is 68.6 cm³/mol. The second kappa shape index (κ2) is 3.35. The van der Waals surface area contributed by atoms with Crippen LogP contribution in [0.3, 0.4) is 0 Å². The van der Waals surface area contributed by atoms with Gasteiger partial charge < -0.3 is 0 Å². The van der Waals surface area contributed by atoms with Gasteiger partial charge >= 0.3 is 0 Å². The summed E-state index contributed by atoms with van der Waals surface area (Å²) < 4.78 is 1.34. The smallest absolute Gasteiger partial charge is 0.284 e. The Kier molecular flexibility index (Phi) is 1.79. The molecule has 1 aromatic carbocycles. The first kappa shape index (κ1) is 10.1. The lowest BCUT2D eigenvalue weighted by molar-refractivity contribution is 0.103. The zero-order valence-corrected chi connectivity index (χ0v) is 9.70. The third kappa shape index (κ3) is 1.18. The van der Waals surface area contributed by atoms with Crippen LogP contribution < -0.4 is 5.56 Å². The number of hydrogen-bond donors (Lipinski definition) is 0. The Bertz CT molecular complexity index is 912. The largest absolute Gasteiger partial charge is 0.285 e. The van der Waals surface area contributed by atoms with Gasteiger partial charge in [0.25, 0.3) is 5.56 Å². The Morgan fingerprint density at radius 3 is 2.74 bits per heavy atom. The number of para-hydroxylation sites is 1. The van der Waals surface area contributed by atoms with E-state index in [2.05, 4.69) is 9.97 Å². The Morgan fingerprint density at radius 2 is 1.84 bits per heavy atom. The van der Waals surface area contributed by atoms with Crippen molar-refractivity contribution in [3.63, 3.8) is 0 Å². The quantitative estimate of drug-likeness (QED) is 0.471. The van der Waals surface area contributed by atoms with E-state index in [4.69, 9.17) is 0 Å². The third-order valence-corrected chi connectivity index (χ3v) is 3.22. The minimum Gasteiger partial charge on any atom is -0.285 e. The van der Waals surface area contributed by atoms with Crippen LogP contribution >= 0.6 is 0 Å². The maximum absolute atomic E-state index is 12.4. The normalized spacial score (nSPS) is 12.5. The summed E-state index contributed by atoms with van der Waals surface area (Å²) in [4.78, 5) is 33.0. The van der Waals surface area contributed by atoms with Gasteiger partial charge in [0.2, 0.25) is 5.78 Å². The van der Waals surface area contributed by atoms with Crippen molar-refractivity contribution in [2.45, 2.75) is 0 Å². The first-order valence-electron chi connectivity index (χ1n) is 5.79. The Balaban J connectivity index is 2.24. The molecule has 0 radical (unpaired) electrons. The molecule has 3 heterocycles. The summed E-state index contributed by atoms with van der Waals surface area (Å²) in [5.41, 5.74) is 1.49. The van der Waals surface area contributed by atoms with E-state index < -0.39 is 0 Å². The molecule has 0 amide bonds. The summed E-state index contributed by atoms with van der Waals surface area (Å²) in [6.45, 7) is 0. The van der Waals surface area contributed by atoms with Crippen LogP contribution in [-0.2, 0) is 0 Å². The van der Waals surface area contributed by atoms with Crippen molar-refractivity contribution in [2.75, 3.05) is 0 Å². The molecule has 0 fully saturated rings. The van der Waals surface area contributed by atoms with E-state index in [0.29, 0.717) is 16.8 Å². The van der Waals surface area contributed by atoms with Crippen LogP contribution in [0.15, 0.2) is 47.4 Å². The van der Waals surface area contributed by atoms with Crippen molar-refractivity contribution in [2.24, 2.45) is 0 Å². The van der Waals surface area contributed by atoms with Gasteiger partial charge in [-0.25, -0.2) is 9.97 Å². The second-order valence-electron chi connectivity index (χ2n) is 4.29. The van der Waals surface area contributed by atoms with E-state index in [-0.39, 0.29) is 22.7 Å². The number of aromatic nitrogens is 3. The molecule has 0 unspecified atom stereocenters. The average Bonchev–Trinajstić information content (AvgIpc) is 2.74. The van der Waals surface area contributed by atoms with Gasteiger partial charge in [-0.1, -0.05) is 12.1 Å². The molecule has 0 atom stereocenters. The summed E-state index contributed by atoms with van der Waals surface area (Å²) in [6, 6.07) is 10.4. The summed E-state index contributed by atoms with van der Waals surface area (Å²) in [5.74, 6) is -0.0647. The molecule has 19 heavy (non-hydrogen) atoms. The van der Waals surface area contributed by atoms with E-state index >= 15 is 0 Å². The molecule has 3 aromatic rings. The summed E-state index contributed by atoms with van der Waals surface area (Å²) in [6.07, 6.45) is 1.54. The van der Waals surface area contributed by atoms with Crippen molar-refractivity contribution in [3.05, 3.63) is 64.3 Å². The van der Waals surface area contributed by atoms with Crippen LogP contribution in [0.25, 0.3) is 16.7 Å². The van der Waals surface area contributed by atoms with Crippen LogP contribution in [0.4, 0.5) is 0 Å². The highest BCUT2D eigenvalue weighted by atomic mass is 16.1. The SMILES string of the molecule is O=C1c2ccccc2-n2c1nc1cccnc1c2=O.